The molecule has 1 rings (SSSR count). The predicted molar refractivity (Wildman–Crippen MR) is 47.5 cm³/mol. The van der Waals surface area contributed by atoms with E-state index >= 15 is 0 Å². The van der Waals surface area contributed by atoms with Crippen LogP contribution < -0.4 is 0 Å². The number of benzene rings is 1. The van der Waals surface area contributed by atoms with E-state index in [1.54, 1.807) is 30.3 Å². The van der Waals surface area contributed by atoms with Crippen molar-refractivity contribution in [3.05, 3.63) is 35.9 Å². The van der Waals surface area contributed by atoms with Gasteiger partial charge in [0.2, 0.25) is 0 Å². The fraction of sp³-hybridized carbons (Fsp3) is 0. The quantitative estimate of drug-likeness (QED) is 0.464. The van der Waals surface area contributed by atoms with Gasteiger partial charge in [0.1, 0.15) is 11.9 Å². The number of hydrogen-bond donors (Lipinski definition) is 1. The minimum absolute atomic E-state index is 0.250. The summed E-state index contributed by atoms with van der Waals surface area (Å²) in [4.78, 5) is 23.2. The Morgan fingerprint density at radius 3 is 2.29 bits per heavy atom. The molecule has 1 aromatic rings. The standard InChI is InChI=1S/C7H5ClO3.CH2O2/c8-11-10-7(9)6-4-2-1-3-5-6;2-1-3/h1-5H;1H,(H,2,3). The van der Waals surface area contributed by atoms with Gasteiger partial charge in [-0.15, -0.1) is 0 Å². The Hall–Kier alpha value is -1.59. The van der Waals surface area contributed by atoms with Gasteiger partial charge in [0.25, 0.3) is 6.47 Å². The Morgan fingerprint density at radius 1 is 1.36 bits per heavy atom. The lowest BCUT2D eigenvalue weighted by atomic mass is 10.2. The lowest BCUT2D eigenvalue weighted by Crippen LogP contribution is -2.01. The fourth-order valence-electron chi connectivity index (χ4n) is 0.651. The molecule has 0 heterocycles. The summed E-state index contributed by atoms with van der Waals surface area (Å²) in [5.74, 6) is -0.611. The van der Waals surface area contributed by atoms with E-state index in [1.165, 1.54) is 0 Å². The van der Waals surface area contributed by atoms with Gasteiger partial charge >= 0.3 is 5.97 Å². The van der Waals surface area contributed by atoms with Crippen LogP contribution in [0.25, 0.3) is 0 Å². The summed E-state index contributed by atoms with van der Waals surface area (Å²) in [5.41, 5.74) is 0.396. The lowest BCUT2D eigenvalue weighted by Gasteiger charge is -1.95. The van der Waals surface area contributed by atoms with Crippen LogP contribution in [0.5, 0.6) is 0 Å². The largest absolute Gasteiger partial charge is 0.483 e. The maximum absolute atomic E-state index is 10.8. The summed E-state index contributed by atoms with van der Waals surface area (Å²) in [5, 5.41) is 6.89. The molecule has 5 nitrogen and oxygen atoms in total. The zero-order chi connectivity index (χ0) is 10.8. The van der Waals surface area contributed by atoms with Gasteiger partial charge in [0, 0.05) is 0 Å². The average molecular weight is 219 g/mol. The molecule has 0 amide bonds. The van der Waals surface area contributed by atoms with Gasteiger partial charge in [-0.05, 0) is 12.1 Å². The molecular formula is C8H7ClO5. The first-order valence-corrected chi connectivity index (χ1v) is 3.69. The van der Waals surface area contributed by atoms with Crippen LogP contribution in [0.2, 0.25) is 0 Å². The van der Waals surface area contributed by atoms with Crippen molar-refractivity contribution < 1.29 is 24.0 Å². The van der Waals surface area contributed by atoms with Crippen LogP contribution in [0.3, 0.4) is 0 Å². The van der Waals surface area contributed by atoms with E-state index in [0.717, 1.165) is 0 Å². The number of carboxylic acid groups (broad SMARTS) is 1. The number of hydrogen-bond acceptors (Lipinski definition) is 4. The third kappa shape index (κ3) is 5.13. The van der Waals surface area contributed by atoms with Gasteiger partial charge in [0.05, 0.1) is 5.56 Å². The summed E-state index contributed by atoms with van der Waals surface area (Å²) in [7, 11) is 0. The van der Waals surface area contributed by atoms with Crippen molar-refractivity contribution in [3.8, 4) is 0 Å². The number of carbonyl (C=O) groups is 2. The maximum atomic E-state index is 10.8. The predicted octanol–water partition coefficient (Wildman–Crippen LogP) is 1.63. The topological polar surface area (TPSA) is 72.8 Å². The molecule has 14 heavy (non-hydrogen) atoms. The van der Waals surface area contributed by atoms with Crippen molar-refractivity contribution in [2.45, 2.75) is 0 Å². The van der Waals surface area contributed by atoms with Crippen molar-refractivity contribution in [2.24, 2.45) is 0 Å². The van der Waals surface area contributed by atoms with E-state index in [0.29, 0.717) is 5.56 Å². The summed E-state index contributed by atoms with van der Waals surface area (Å²) in [6.07, 6.45) is 0. The highest BCUT2D eigenvalue weighted by molar-refractivity contribution is 6.07. The molecule has 0 aliphatic heterocycles. The first kappa shape index (κ1) is 12.4. The van der Waals surface area contributed by atoms with Crippen LogP contribution in [0.1, 0.15) is 10.4 Å². The molecule has 0 spiro atoms. The van der Waals surface area contributed by atoms with E-state index in [9.17, 15) is 4.79 Å². The van der Waals surface area contributed by atoms with Gasteiger partial charge in [0.15, 0.2) is 0 Å². The summed E-state index contributed by atoms with van der Waals surface area (Å²) in [6, 6.07) is 8.41. The van der Waals surface area contributed by atoms with E-state index in [-0.39, 0.29) is 6.47 Å². The maximum Gasteiger partial charge on any atom is 0.375 e. The Kier molecular flexibility index (Phi) is 7.12. The molecule has 0 radical (unpaired) electrons. The smallest absolute Gasteiger partial charge is 0.375 e. The monoisotopic (exact) mass is 218 g/mol. The minimum Gasteiger partial charge on any atom is -0.483 e. The number of halogens is 1. The second-order valence-electron chi connectivity index (χ2n) is 1.91. The molecule has 0 aliphatic carbocycles. The van der Waals surface area contributed by atoms with Crippen molar-refractivity contribution in [1.29, 1.82) is 0 Å². The molecule has 0 saturated heterocycles. The Bertz CT molecular complexity index is 274. The third-order valence-corrected chi connectivity index (χ3v) is 1.18. The Morgan fingerprint density at radius 2 is 1.86 bits per heavy atom. The second-order valence-corrected chi connectivity index (χ2v) is 2.03. The summed E-state index contributed by atoms with van der Waals surface area (Å²) < 4.78 is 3.68. The van der Waals surface area contributed by atoms with Crippen LogP contribution in [0.15, 0.2) is 30.3 Å². The fourth-order valence-corrected chi connectivity index (χ4v) is 0.708. The van der Waals surface area contributed by atoms with Gasteiger partial charge in [-0.2, -0.15) is 0 Å². The van der Waals surface area contributed by atoms with Crippen molar-refractivity contribution >= 4 is 24.3 Å². The number of carbonyl (C=O) groups excluding carboxylic acids is 1. The molecule has 0 atom stereocenters. The van der Waals surface area contributed by atoms with Crippen LogP contribution in [-0.2, 0) is 14.1 Å². The van der Waals surface area contributed by atoms with E-state index < -0.39 is 5.97 Å². The normalized spacial score (nSPS) is 8.07. The summed E-state index contributed by atoms with van der Waals surface area (Å²) in [6.45, 7) is -0.250. The number of rotatable bonds is 2. The molecule has 0 aromatic heterocycles. The second kappa shape index (κ2) is 8.03. The van der Waals surface area contributed by atoms with E-state index in [4.69, 9.17) is 21.8 Å². The summed E-state index contributed by atoms with van der Waals surface area (Å²) >= 11 is 4.70. The molecule has 6 heteroatoms. The zero-order valence-electron chi connectivity index (χ0n) is 6.92. The minimum atomic E-state index is -0.611. The third-order valence-electron chi connectivity index (χ3n) is 1.12. The van der Waals surface area contributed by atoms with Crippen molar-refractivity contribution in [3.63, 3.8) is 0 Å². The molecule has 0 aliphatic rings. The molecule has 0 saturated carbocycles. The molecule has 76 valence electrons. The van der Waals surface area contributed by atoms with Crippen LogP contribution in [0, 0.1) is 0 Å². The van der Waals surface area contributed by atoms with Gasteiger partial charge < -0.3 is 5.11 Å². The Labute approximate surface area is 84.9 Å². The van der Waals surface area contributed by atoms with Crippen LogP contribution >= 0.6 is 11.9 Å². The molecule has 1 aromatic carbocycles. The van der Waals surface area contributed by atoms with E-state index in [1.807, 2.05) is 0 Å². The molecular weight excluding hydrogens is 212 g/mol. The Balaban J connectivity index is 0.000000500. The van der Waals surface area contributed by atoms with Gasteiger partial charge in [-0.1, -0.05) is 22.6 Å². The van der Waals surface area contributed by atoms with Crippen LogP contribution in [-0.4, -0.2) is 17.5 Å². The highest BCUT2D eigenvalue weighted by Crippen LogP contribution is 2.01. The van der Waals surface area contributed by atoms with E-state index in [2.05, 4.69) is 9.33 Å². The SMILES string of the molecule is O=C(OOCl)c1ccccc1.O=CO. The molecule has 0 unspecified atom stereocenters. The molecule has 0 bridgehead atoms. The average Bonchev–Trinajstić information content (AvgIpc) is 2.21. The van der Waals surface area contributed by atoms with Crippen LogP contribution in [0.4, 0.5) is 0 Å². The molecule has 0 fully saturated rings. The first-order valence-electron chi connectivity index (χ1n) is 3.38. The highest BCUT2D eigenvalue weighted by atomic mass is 35.5. The first-order chi connectivity index (χ1) is 6.76. The van der Waals surface area contributed by atoms with Gasteiger partial charge in [-0.25, -0.2) is 4.79 Å². The highest BCUT2D eigenvalue weighted by Gasteiger charge is 2.05. The van der Waals surface area contributed by atoms with Gasteiger partial charge in [-0.3, -0.25) is 9.68 Å². The zero-order valence-corrected chi connectivity index (χ0v) is 7.68. The van der Waals surface area contributed by atoms with Crippen molar-refractivity contribution in [2.75, 3.05) is 0 Å². The van der Waals surface area contributed by atoms with Crippen molar-refractivity contribution in [1.82, 2.24) is 0 Å². The lowest BCUT2D eigenvalue weighted by molar-refractivity contribution is -0.144. The molecule has 1 N–H and O–H groups in total.